The van der Waals surface area contributed by atoms with Crippen LogP contribution in [-0.2, 0) is 6.54 Å². The Labute approximate surface area is 102 Å². The molecule has 0 aliphatic heterocycles. The van der Waals surface area contributed by atoms with Gasteiger partial charge in [0.25, 0.3) is 0 Å². The van der Waals surface area contributed by atoms with Crippen molar-refractivity contribution >= 4 is 0 Å². The zero-order chi connectivity index (χ0) is 12.3. The van der Waals surface area contributed by atoms with Crippen LogP contribution in [0.1, 0.15) is 25.5 Å². The predicted octanol–water partition coefficient (Wildman–Crippen LogP) is 2.41. The van der Waals surface area contributed by atoms with Gasteiger partial charge < -0.3 is 4.74 Å². The van der Waals surface area contributed by atoms with Crippen LogP contribution in [0.4, 0.5) is 0 Å². The molecule has 1 aromatic carbocycles. The molecule has 0 N–H and O–H groups in total. The fourth-order valence-corrected chi connectivity index (χ4v) is 1.75. The predicted molar refractivity (Wildman–Crippen MR) is 67.1 cm³/mol. The van der Waals surface area contributed by atoms with Gasteiger partial charge in [-0.05, 0) is 31.5 Å². The lowest BCUT2D eigenvalue weighted by atomic mass is 10.2. The molecule has 0 atom stereocenters. The van der Waals surface area contributed by atoms with Crippen molar-refractivity contribution in [3.05, 3.63) is 48.5 Å². The Morgan fingerprint density at radius 2 is 1.94 bits per heavy atom. The van der Waals surface area contributed by atoms with Crippen molar-refractivity contribution in [3.8, 4) is 5.75 Å². The normalized spacial score (nSPS) is 10.8. The number of imidazole rings is 1. The third kappa shape index (κ3) is 2.87. The van der Waals surface area contributed by atoms with Gasteiger partial charge in [0.2, 0.25) is 6.33 Å². The van der Waals surface area contributed by atoms with Gasteiger partial charge in [0.1, 0.15) is 24.7 Å². The van der Waals surface area contributed by atoms with Crippen LogP contribution in [0.25, 0.3) is 0 Å². The molecule has 3 nitrogen and oxygen atoms in total. The Bertz CT molecular complexity index is 471. The Morgan fingerprint density at radius 1 is 1.24 bits per heavy atom. The Balaban J connectivity index is 2.08. The summed E-state index contributed by atoms with van der Waals surface area (Å²) in [6.45, 7) is 5.25. The Morgan fingerprint density at radius 3 is 2.47 bits per heavy atom. The Hall–Kier alpha value is -1.77. The third-order valence-corrected chi connectivity index (χ3v) is 2.83. The van der Waals surface area contributed by atoms with Crippen molar-refractivity contribution in [1.29, 1.82) is 0 Å². The van der Waals surface area contributed by atoms with E-state index in [0.29, 0.717) is 6.04 Å². The first-order chi connectivity index (χ1) is 8.19. The van der Waals surface area contributed by atoms with Gasteiger partial charge in [0.05, 0.1) is 13.2 Å². The molecule has 0 saturated heterocycles. The van der Waals surface area contributed by atoms with Crippen molar-refractivity contribution in [2.24, 2.45) is 0 Å². The van der Waals surface area contributed by atoms with E-state index >= 15 is 0 Å². The van der Waals surface area contributed by atoms with Crippen molar-refractivity contribution < 1.29 is 9.30 Å². The second kappa shape index (κ2) is 5.04. The summed E-state index contributed by atoms with van der Waals surface area (Å²) < 4.78 is 9.52. The second-order valence-electron chi connectivity index (χ2n) is 4.47. The first kappa shape index (κ1) is 11.7. The summed E-state index contributed by atoms with van der Waals surface area (Å²) in [7, 11) is 1.69. The maximum absolute atomic E-state index is 5.14. The van der Waals surface area contributed by atoms with Gasteiger partial charge in [0.15, 0.2) is 0 Å². The minimum atomic E-state index is 0.507. The van der Waals surface area contributed by atoms with Crippen LogP contribution in [0, 0.1) is 0 Å². The van der Waals surface area contributed by atoms with Crippen LogP contribution in [-0.4, -0.2) is 11.7 Å². The largest absolute Gasteiger partial charge is 0.497 e. The summed E-state index contributed by atoms with van der Waals surface area (Å²) in [6, 6.07) is 8.69. The number of methoxy groups -OCH3 is 1. The summed E-state index contributed by atoms with van der Waals surface area (Å²) in [5.41, 5.74) is 1.28. The molecule has 0 unspecified atom stereocenters. The number of nitrogens with zero attached hydrogens (tertiary/aromatic N) is 2. The molecule has 0 bridgehead atoms. The van der Waals surface area contributed by atoms with Crippen LogP contribution in [0.2, 0.25) is 0 Å². The minimum absolute atomic E-state index is 0.507. The first-order valence-corrected chi connectivity index (χ1v) is 5.88. The van der Waals surface area contributed by atoms with E-state index in [-0.39, 0.29) is 0 Å². The molecule has 3 heteroatoms. The van der Waals surface area contributed by atoms with Crippen molar-refractivity contribution in [2.45, 2.75) is 26.4 Å². The van der Waals surface area contributed by atoms with Gasteiger partial charge in [-0.15, -0.1) is 0 Å². The molecular formula is C14H19N2O+. The van der Waals surface area contributed by atoms with Crippen molar-refractivity contribution in [2.75, 3.05) is 7.11 Å². The molecule has 0 aliphatic rings. The maximum atomic E-state index is 5.14. The fourth-order valence-electron chi connectivity index (χ4n) is 1.75. The highest BCUT2D eigenvalue weighted by Crippen LogP contribution is 2.11. The van der Waals surface area contributed by atoms with Gasteiger partial charge in [-0.25, -0.2) is 9.13 Å². The number of hydrogen-bond donors (Lipinski definition) is 0. The number of rotatable bonds is 4. The van der Waals surface area contributed by atoms with Gasteiger partial charge in [-0.3, -0.25) is 0 Å². The van der Waals surface area contributed by atoms with Crippen LogP contribution < -0.4 is 9.30 Å². The SMILES string of the molecule is COc1ccc(C[n+]2ccn(C(C)C)c2)cc1. The molecule has 0 spiro atoms. The molecule has 1 heterocycles. The van der Waals surface area contributed by atoms with Gasteiger partial charge >= 0.3 is 0 Å². The summed E-state index contributed by atoms with van der Waals surface area (Å²) in [5, 5.41) is 0. The molecule has 0 saturated carbocycles. The van der Waals surface area contributed by atoms with Crippen LogP contribution in [0.15, 0.2) is 43.0 Å². The summed E-state index contributed by atoms with van der Waals surface area (Å²) >= 11 is 0. The number of hydrogen-bond acceptors (Lipinski definition) is 1. The van der Waals surface area contributed by atoms with E-state index < -0.39 is 0 Å². The zero-order valence-electron chi connectivity index (χ0n) is 10.6. The zero-order valence-corrected chi connectivity index (χ0v) is 10.6. The molecule has 17 heavy (non-hydrogen) atoms. The van der Waals surface area contributed by atoms with E-state index in [2.05, 4.69) is 53.8 Å². The standard InChI is InChI=1S/C14H19N2O/c1-12(2)16-9-8-15(11-16)10-13-4-6-14(17-3)7-5-13/h4-9,11-12H,10H2,1-3H3/q+1. The van der Waals surface area contributed by atoms with Gasteiger partial charge in [-0.1, -0.05) is 12.1 Å². The van der Waals surface area contributed by atoms with Gasteiger partial charge in [-0.2, -0.15) is 0 Å². The van der Waals surface area contributed by atoms with Crippen LogP contribution >= 0.6 is 0 Å². The van der Waals surface area contributed by atoms with Crippen molar-refractivity contribution in [1.82, 2.24) is 4.57 Å². The van der Waals surface area contributed by atoms with E-state index in [1.54, 1.807) is 7.11 Å². The van der Waals surface area contributed by atoms with E-state index in [9.17, 15) is 0 Å². The third-order valence-electron chi connectivity index (χ3n) is 2.83. The minimum Gasteiger partial charge on any atom is -0.497 e. The number of ether oxygens (including phenoxy) is 1. The summed E-state index contributed by atoms with van der Waals surface area (Å²) in [4.78, 5) is 0. The highest BCUT2D eigenvalue weighted by atomic mass is 16.5. The Kier molecular flexibility index (Phi) is 3.47. The summed E-state index contributed by atoms with van der Waals surface area (Å²) in [5.74, 6) is 0.901. The monoisotopic (exact) mass is 231 g/mol. The summed E-state index contributed by atoms with van der Waals surface area (Å²) in [6.07, 6.45) is 6.34. The average Bonchev–Trinajstić information content (AvgIpc) is 2.79. The van der Waals surface area contributed by atoms with E-state index in [4.69, 9.17) is 4.74 Å². The molecule has 0 radical (unpaired) electrons. The maximum Gasteiger partial charge on any atom is 0.244 e. The highest BCUT2D eigenvalue weighted by molar-refractivity contribution is 5.26. The van der Waals surface area contributed by atoms with E-state index in [1.807, 2.05) is 12.1 Å². The number of benzene rings is 1. The fraction of sp³-hybridized carbons (Fsp3) is 0.357. The lowest BCUT2D eigenvalue weighted by Gasteiger charge is -2.01. The molecule has 2 aromatic rings. The van der Waals surface area contributed by atoms with Crippen LogP contribution in [0.3, 0.4) is 0 Å². The van der Waals surface area contributed by atoms with E-state index in [0.717, 1.165) is 12.3 Å². The van der Waals surface area contributed by atoms with Crippen molar-refractivity contribution in [3.63, 3.8) is 0 Å². The molecule has 2 rings (SSSR count). The lowest BCUT2D eigenvalue weighted by molar-refractivity contribution is -0.687. The average molecular weight is 231 g/mol. The molecule has 90 valence electrons. The molecular weight excluding hydrogens is 212 g/mol. The quantitative estimate of drug-likeness (QED) is 0.739. The smallest absolute Gasteiger partial charge is 0.244 e. The molecule has 0 amide bonds. The second-order valence-corrected chi connectivity index (χ2v) is 4.47. The molecule has 0 fully saturated rings. The highest BCUT2D eigenvalue weighted by Gasteiger charge is 2.07. The first-order valence-electron chi connectivity index (χ1n) is 5.88. The molecule has 0 aliphatic carbocycles. The molecule has 1 aromatic heterocycles. The van der Waals surface area contributed by atoms with Gasteiger partial charge in [0, 0.05) is 0 Å². The lowest BCUT2D eigenvalue weighted by Crippen LogP contribution is -2.31. The topological polar surface area (TPSA) is 18.0 Å². The van der Waals surface area contributed by atoms with E-state index in [1.165, 1.54) is 5.56 Å². The number of aromatic nitrogens is 2. The van der Waals surface area contributed by atoms with Crippen LogP contribution in [0.5, 0.6) is 5.75 Å².